The minimum absolute atomic E-state index is 0.00199. The lowest BCUT2D eigenvalue weighted by molar-refractivity contribution is 0.101. The molecule has 1 amide bonds. The molecule has 0 unspecified atom stereocenters. The van der Waals surface area contributed by atoms with Crippen molar-refractivity contribution >= 4 is 11.6 Å². The number of aromatic nitrogens is 2. The van der Waals surface area contributed by atoms with Gasteiger partial charge in [0.15, 0.2) is 0 Å². The highest BCUT2D eigenvalue weighted by atomic mass is 19.3. The van der Waals surface area contributed by atoms with Crippen molar-refractivity contribution in [2.24, 2.45) is 7.05 Å². The van der Waals surface area contributed by atoms with Gasteiger partial charge in [0.05, 0.1) is 5.56 Å². The molecule has 6 heteroatoms. The zero-order chi connectivity index (χ0) is 18.6. The van der Waals surface area contributed by atoms with Crippen LogP contribution in [0.2, 0.25) is 0 Å². The standard InChI is InChI=1S/C19H23F2N3O/c1-18(2)10-19(3,4)14-12(18)7-6-8-13(14)22-17(25)11-9-24(5)23-15(11)16(20)21/h6-9,16H,10H2,1-5H3,(H,22,25). The van der Waals surface area contributed by atoms with Gasteiger partial charge in [-0.15, -0.1) is 0 Å². The average Bonchev–Trinajstić information content (AvgIpc) is 2.95. The summed E-state index contributed by atoms with van der Waals surface area (Å²) < 4.78 is 27.5. The molecule has 1 aromatic carbocycles. The molecular weight excluding hydrogens is 324 g/mol. The third-order valence-electron chi connectivity index (χ3n) is 4.91. The van der Waals surface area contributed by atoms with Crippen LogP contribution in [0.15, 0.2) is 24.4 Å². The van der Waals surface area contributed by atoms with E-state index >= 15 is 0 Å². The number of anilines is 1. The van der Waals surface area contributed by atoms with E-state index < -0.39 is 18.0 Å². The summed E-state index contributed by atoms with van der Waals surface area (Å²) in [5, 5.41) is 6.54. The van der Waals surface area contributed by atoms with E-state index in [9.17, 15) is 13.6 Å². The van der Waals surface area contributed by atoms with Crippen LogP contribution in [0.3, 0.4) is 0 Å². The van der Waals surface area contributed by atoms with Gasteiger partial charge in [0.1, 0.15) is 5.69 Å². The molecule has 25 heavy (non-hydrogen) atoms. The summed E-state index contributed by atoms with van der Waals surface area (Å²) in [6.07, 6.45) is -0.509. The highest BCUT2D eigenvalue weighted by Gasteiger charge is 2.43. The van der Waals surface area contributed by atoms with Gasteiger partial charge in [-0.1, -0.05) is 39.8 Å². The number of nitrogens with zero attached hydrogens (tertiary/aromatic N) is 2. The molecule has 0 aliphatic heterocycles. The molecule has 134 valence electrons. The third kappa shape index (κ3) is 2.94. The third-order valence-corrected chi connectivity index (χ3v) is 4.91. The van der Waals surface area contributed by atoms with Crippen LogP contribution in [0.1, 0.15) is 67.7 Å². The van der Waals surface area contributed by atoms with Gasteiger partial charge in [0.25, 0.3) is 12.3 Å². The number of halogens is 2. The lowest BCUT2D eigenvalue weighted by atomic mass is 9.81. The minimum Gasteiger partial charge on any atom is -0.322 e. The molecule has 3 rings (SSSR count). The first-order valence-electron chi connectivity index (χ1n) is 8.30. The summed E-state index contributed by atoms with van der Waals surface area (Å²) in [7, 11) is 1.52. The molecule has 0 atom stereocenters. The zero-order valence-electron chi connectivity index (χ0n) is 15.2. The predicted octanol–water partition coefficient (Wildman–Crippen LogP) is 4.57. The van der Waals surface area contributed by atoms with Crippen molar-refractivity contribution in [3.63, 3.8) is 0 Å². The molecule has 0 saturated heterocycles. The lowest BCUT2D eigenvalue weighted by Crippen LogP contribution is -2.20. The van der Waals surface area contributed by atoms with Crippen molar-refractivity contribution in [1.29, 1.82) is 0 Å². The molecule has 4 nitrogen and oxygen atoms in total. The van der Waals surface area contributed by atoms with E-state index in [0.29, 0.717) is 5.69 Å². The van der Waals surface area contributed by atoms with Gasteiger partial charge in [-0.05, 0) is 34.4 Å². The van der Waals surface area contributed by atoms with Crippen LogP contribution in [-0.2, 0) is 17.9 Å². The molecular formula is C19H23F2N3O. The molecule has 1 aromatic heterocycles. The highest BCUT2D eigenvalue weighted by molar-refractivity contribution is 6.05. The SMILES string of the molecule is Cn1cc(C(=O)Nc2cccc3c2C(C)(C)CC3(C)C)c(C(F)F)n1. The van der Waals surface area contributed by atoms with Crippen molar-refractivity contribution in [1.82, 2.24) is 9.78 Å². The maximum atomic E-state index is 13.1. The monoisotopic (exact) mass is 347 g/mol. The van der Waals surface area contributed by atoms with Crippen molar-refractivity contribution in [2.45, 2.75) is 51.4 Å². The van der Waals surface area contributed by atoms with Crippen LogP contribution in [-0.4, -0.2) is 15.7 Å². The van der Waals surface area contributed by atoms with Crippen molar-refractivity contribution in [3.8, 4) is 0 Å². The fourth-order valence-corrected chi connectivity index (χ4v) is 4.27. The molecule has 0 bridgehead atoms. The van der Waals surface area contributed by atoms with E-state index in [1.165, 1.54) is 23.5 Å². The maximum absolute atomic E-state index is 13.1. The van der Waals surface area contributed by atoms with Crippen LogP contribution < -0.4 is 5.32 Å². The number of amides is 1. The number of benzene rings is 1. The predicted molar refractivity (Wildman–Crippen MR) is 93.2 cm³/mol. The Kier molecular flexibility index (Phi) is 3.97. The Morgan fingerprint density at radius 2 is 1.92 bits per heavy atom. The van der Waals surface area contributed by atoms with Gasteiger partial charge in [0, 0.05) is 18.9 Å². The average molecular weight is 347 g/mol. The van der Waals surface area contributed by atoms with Crippen molar-refractivity contribution in [2.75, 3.05) is 5.32 Å². The Bertz CT molecular complexity index is 837. The Labute approximate surface area is 146 Å². The first-order valence-corrected chi connectivity index (χ1v) is 8.30. The highest BCUT2D eigenvalue weighted by Crippen LogP contribution is 2.51. The van der Waals surface area contributed by atoms with E-state index in [2.05, 4.69) is 44.2 Å². The number of aryl methyl sites for hydroxylation is 1. The largest absolute Gasteiger partial charge is 0.322 e. The van der Waals surface area contributed by atoms with Gasteiger partial charge < -0.3 is 5.32 Å². The fourth-order valence-electron chi connectivity index (χ4n) is 4.27. The number of hydrogen-bond donors (Lipinski definition) is 1. The second kappa shape index (κ2) is 5.64. The molecule has 2 aromatic rings. The minimum atomic E-state index is -2.79. The Morgan fingerprint density at radius 3 is 2.56 bits per heavy atom. The lowest BCUT2D eigenvalue weighted by Gasteiger charge is -2.23. The molecule has 0 saturated carbocycles. The fraction of sp³-hybridized carbons (Fsp3) is 0.474. The first-order chi connectivity index (χ1) is 11.5. The zero-order valence-corrected chi connectivity index (χ0v) is 15.2. The van der Waals surface area contributed by atoms with Crippen LogP contribution in [0.5, 0.6) is 0 Å². The van der Waals surface area contributed by atoms with Crippen LogP contribution in [0.25, 0.3) is 0 Å². The second-order valence-corrected chi connectivity index (χ2v) is 8.03. The molecule has 0 fully saturated rings. The van der Waals surface area contributed by atoms with Gasteiger partial charge in [0.2, 0.25) is 0 Å². The number of rotatable bonds is 3. The topological polar surface area (TPSA) is 46.9 Å². The number of hydrogen-bond acceptors (Lipinski definition) is 2. The Hall–Kier alpha value is -2.24. The van der Waals surface area contributed by atoms with Gasteiger partial charge >= 0.3 is 0 Å². The maximum Gasteiger partial charge on any atom is 0.282 e. The number of alkyl halides is 2. The molecule has 1 N–H and O–H groups in total. The van der Waals surface area contributed by atoms with E-state index in [0.717, 1.165) is 12.0 Å². The van der Waals surface area contributed by atoms with E-state index in [-0.39, 0.29) is 16.4 Å². The Balaban J connectivity index is 2.01. The summed E-state index contributed by atoms with van der Waals surface area (Å²) in [4.78, 5) is 12.6. The summed E-state index contributed by atoms with van der Waals surface area (Å²) in [5.41, 5.74) is 2.26. The summed E-state index contributed by atoms with van der Waals surface area (Å²) in [6, 6.07) is 5.81. The van der Waals surface area contributed by atoms with E-state index in [1.54, 1.807) is 0 Å². The number of carbonyl (C=O) groups excluding carboxylic acids is 1. The first kappa shape index (κ1) is 17.6. The number of fused-ring (bicyclic) bond motifs is 1. The molecule has 0 radical (unpaired) electrons. The molecule has 1 aliphatic carbocycles. The smallest absolute Gasteiger partial charge is 0.282 e. The van der Waals surface area contributed by atoms with Gasteiger partial charge in [-0.2, -0.15) is 5.10 Å². The van der Waals surface area contributed by atoms with Crippen molar-refractivity contribution in [3.05, 3.63) is 46.8 Å². The summed E-state index contributed by atoms with van der Waals surface area (Å²) in [5.74, 6) is -0.558. The number of nitrogens with one attached hydrogen (secondary N) is 1. The molecule has 1 aliphatic rings. The molecule has 1 heterocycles. The summed E-state index contributed by atoms with van der Waals surface area (Å²) in [6.45, 7) is 8.65. The van der Waals surface area contributed by atoms with Gasteiger partial charge in [-0.25, -0.2) is 8.78 Å². The second-order valence-electron chi connectivity index (χ2n) is 8.03. The van der Waals surface area contributed by atoms with Crippen LogP contribution in [0, 0.1) is 0 Å². The van der Waals surface area contributed by atoms with Crippen molar-refractivity contribution < 1.29 is 13.6 Å². The van der Waals surface area contributed by atoms with E-state index in [1.807, 2.05) is 12.1 Å². The quantitative estimate of drug-likeness (QED) is 0.884. The van der Waals surface area contributed by atoms with Gasteiger partial charge in [-0.3, -0.25) is 9.48 Å². The van der Waals surface area contributed by atoms with E-state index in [4.69, 9.17) is 0 Å². The van der Waals surface area contributed by atoms with Crippen LogP contribution >= 0.6 is 0 Å². The summed E-state index contributed by atoms with van der Waals surface area (Å²) >= 11 is 0. The molecule has 0 spiro atoms. The normalized spacial score (nSPS) is 17.6. The Morgan fingerprint density at radius 1 is 1.24 bits per heavy atom. The van der Waals surface area contributed by atoms with Crippen LogP contribution in [0.4, 0.5) is 14.5 Å². The number of carbonyl (C=O) groups is 1.